The average Bonchev–Trinajstić information content (AvgIpc) is 2.83. The second-order valence-electron chi connectivity index (χ2n) is 7.43. The quantitative estimate of drug-likeness (QED) is 0.429. The standard InChI is InChI=1S/C24H22ClF3N2O4S/c1-34-19-10-7-17(8-11-19)13-14-29-23(31)16-30(35(32,33)20-5-3-2-4-6-20)18-9-12-22(25)21(15-18)24(26,27)28/h2-12,15H,13-14,16H2,1H3,(H,29,31). The maximum atomic E-state index is 13.4. The van der Waals surface area contributed by atoms with E-state index in [1.165, 1.54) is 24.3 Å². The molecule has 3 aromatic carbocycles. The van der Waals surface area contributed by atoms with Gasteiger partial charge >= 0.3 is 6.18 Å². The normalized spacial score (nSPS) is 11.7. The predicted molar refractivity (Wildman–Crippen MR) is 127 cm³/mol. The zero-order valence-corrected chi connectivity index (χ0v) is 20.1. The molecule has 3 aromatic rings. The summed E-state index contributed by atoms with van der Waals surface area (Å²) in [6, 6.07) is 17.0. The number of halogens is 4. The minimum Gasteiger partial charge on any atom is -0.497 e. The fourth-order valence-electron chi connectivity index (χ4n) is 3.25. The Kier molecular flexibility index (Phi) is 8.29. The summed E-state index contributed by atoms with van der Waals surface area (Å²) in [5.74, 6) is 0.00210. The number of carbonyl (C=O) groups is 1. The van der Waals surface area contributed by atoms with Crippen molar-refractivity contribution in [2.45, 2.75) is 17.5 Å². The molecule has 0 saturated heterocycles. The summed E-state index contributed by atoms with van der Waals surface area (Å²) in [6.45, 7) is -0.530. The first-order chi connectivity index (χ1) is 16.5. The molecule has 0 unspecified atom stereocenters. The first-order valence-electron chi connectivity index (χ1n) is 10.4. The predicted octanol–water partition coefficient (Wildman–Crippen LogP) is 4.92. The van der Waals surface area contributed by atoms with Gasteiger partial charge in [0.25, 0.3) is 10.0 Å². The van der Waals surface area contributed by atoms with Crippen LogP contribution in [0.1, 0.15) is 11.1 Å². The lowest BCUT2D eigenvalue weighted by Gasteiger charge is -2.25. The second kappa shape index (κ2) is 11.0. The van der Waals surface area contributed by atoms with Crippen LogP contribution in [-0.2, 0) is 27.4 Å². The van der Waals surface area contributed by atoms with Crippen LogP contribution in [0, 0.1) is 0 Å². The summed E-state index contributed by atoms with van der Waals surface area (Å²) < 4.78 is 72.5. The van der Waals surface area contributed by atoms with Gasteiger partial charge in [-0.15, -0.1) is 0 Å². The number of anilines is 1. The Morgan fingerprint density at radius 2 is 1.69 bits per heavy atom. The number of sulfonamides is 1. The number of nitrogens with one attached hydrogen (secondary N) is 1. The van der Waals surface area contributed by atoms with Crippen LogP contribution in [0.5, 0.6) is 5.75 Å². The molecular weight excluding hydrogens is 505 g/mol. The topological polar surface area (TPSA) is 75.7 Å². The molecule has 11 heteroatoms. The highest BCUT2D eigenvalue weighted by Gasteiger charge is 2.35. The zero-order valence-electron chi connectivity index (χ0n) is 18.5. The van der Waals surface area contributed by atoms with Crippen LogP contribution < -0.4 is 14.4 Å². The van der Waals surface area contributed by atoms with E-state index in [2.05, 4.69) is 5.32 Å². The maximum Gasteiger partial charge on any atom is 0.417 e. The average molecular weight is 527 g/mol. The number of carbonyl (C=O) groups excluding carboxylic acids is 1. The van der Waals surface area contributed by atoms with Gasteiger partial charge in [0.1, 0.15) is 12.3 Å². The van der Waals surface area contributed by atoms with Crippen molar-refractivity contribution >= 4 is 33.2 Å². The number of alkyl halides is 3. The molecule has 0 bridgehead atoms. The number of nitrogens with zero attached hydrogens (tertiary/aromatic N) is 1. The molecule has 0 aliphatic carbocycles. The minimum absolute atomic E-state index is 0.172. The van der Waals surface area contributed by atoms with Crippen molar-refractivity contribution in [3.05, 3.63) is 88.9 Å². The Bertz CT molecular complexity index is 1270. The van der Waals surface area contributed by atoms with Crippen molar-refractivity contribution in [3.63, 3.8) is 0 Å². The molecule has 0 saturated carbocycles. The lowest BCUT2D eigenvalue weighted by molar-refractivity contribution is -0.137. The van der Waals surface area contributed by atoms with Gasteiger partial charge in [-0.05, 0) is 54.4 Å². The van der Waals surface area contributed by atoms with Crippen molar-refractivity contribution in [1.82, 2.24) is 5.32 Å². The number of hydrogen-bond acceptors (Lipinski definition) is 4. The molecule has 0 aromatic heterocycles. The van der Waals surface area contributed by atoms with Crippen molar-refractivity contribution < 1.29 is 31.1 Å². The SMILES string of the molecule is COc1ccc(CCNC(=O)CN(c2ccc(Cl)c(C(F)(F)F)c2)S(=O)(=O)c2ccccc2)cc1. The molecule has 0 radical (unpaired) electrons. The van der Waals surface area contributed by atoms with Gasteiger partial charge in [-0.2, -0.15) is 13.2 Å². The fourth-order valence-corrected chi connectivity index (χ4v) is 4.90. The second-order valence-corrected chi connectivity index (χ2v) is 9.70. The molecule has 35 heavy (non-hydrogen) atoms. The van der Waals surface area contributed by atoms with Crippen LogP contribution in [0.25, 0.3) is 0 Å². The molecule has 0 atom stereocenters. The molecule has 186 valence electrons. The molecule has 0 aliphatic heterocycles. The number of amides is 1. The molecule has 0 heterocycles. The monoisotopic (exact) mass is 526 g/mol. The van der Waals surface area contributed by atoms with Gasteiger partial charge in [0, 0.05) is 6.54 Å². The molecular formula is C24H22ClF3N2O4S. The van der Waals surface area contributed by atoms with Crippen molar-refractivity contribution in [2.75, 3.05) is 24.5 Å². The number of ether oxygens (including phenoxy) is 1. The summed E-state index contributed by atoms with van der Waals surface area (Å²) in [6.07, 6.45) is -4.35. The number of hydrogen-bond donors (Lipinski definition) is 1. The largest absolute Gasteiger partial charge is 0.497 e. The van der Waals surface area contributed by atoms with Gasteiger partial charge in [-0.3, -0.25) is 9.10 Å². The Morgan fingerprint density at radius 3 is 2.29 bits per heavy atom. The summed E-state index contributed by atoms with van der Waals surface area (Å²) >= 11 is 5.69. The van der Waals surface area contributed by atoms with E-state index in [-0.39, 0.29) is 17.1 Å². The van der Waals surface area contributed by atoms with Crippen LogP contribution in [0.4, 0.5) is 18.9 Å². The highest BCUT2D eigenvalue weighted by Crippen LogP contribution is 2.38. The summed E-state index contributed by atoms with van der Waals surface area (Å²) in [5.41, 5.74) is -0.631. The van der Waals surface area contributed by atoms with Crippen molar-refractivity contribution in [3.8, 4) is 5.75 Å². The molecule has 0 spiro atoms. The molecule has 0 fully saturated rings. The van der Waals surface area contributed by atoms with Crippen LogP contribution >= 0.6 is 11.6 Å². The summed E-state index contributed by atoms with van der Waals surface area (Å²) in [4.78, 5) is 12.5. The number of methoxy groups -OCH3 is 1. The van der Waals surface area contributed by atoms with Gasteiger partial charge in [-0.25, -0.2) is 8.42 Å². The Balaban J connectivity index is 1.84. The van der Waals surface area contributed by atoms with E-state index < -0.39 is 39.2 Å². The third kappa shape index (κ3) is 6.67. The molecule has 1 amide bonds. The highest BCUT2D eigenvalue weighted by molar-refractivity contribution is 7.92. The first-order valence-corrected chi connectivity index (χ1v) is 12.2. The lowest BCUT2D eigenvalue weighted by Crippen LogP contribution is -2.41. The molecule has 0 aliphatic rings. The highest BCUT2D eigenvalue weighted by atomic mass is 35.5. The van der Waals surface area contributed by atoms with Crippen LogP contribution in [0.3, 0.4) is 0 Å². The van der Waals surface area contributed by atoms with Gasteiger partial charge in [0.2, 0.25) is 5.91 Å². The lowest BCUT2D eigenvalue weighted by atomic mass is 10.1. The maximum absolute atomic E-state index is 13.4. The molecule has 1 N–H and O–H groups in total. The van der Waals surface area contributed by atoms with Gasteiger partial charge < -0.3 is 10.1 Å². The number of rotatable bonds is 9. The summed E-state index contributed by atoms with van der Waals surface area (Å²) in [5, 5.41) is 2.03. The van der Waals surface area contributed by atoms with E-state index in [1.807, 2.05) is 12.1 Å². The smallest absolute Gasteiger partial charge is 0.417 e. The van der Waals surface area contributed by atoms with Gasteiger partial charge in [-0.1, -0.05) is 41.9 Å². The van der Waals surface area contributed by atoms with E-state index in [4.69, 9.17) is 16.3 Å². The number of benzene rings is 3. The van der Waals surface area contributed by atoms with Gasteiger partial charge in [0.05, 0.1) is 28.3 Å². The van der Waals surface area contributed by atoms with E-state index in [9.17, 15) is 26.4 Å². The zero-order chi connectivity index (χ0) is 25.6. The van der Waals surface area contributed by atoms with Crippen LogP contribution in [0.15, 0.2) is 77.7 Å². The molecule has 6 nitrogen and oxygen atoms in total. The Hall–Kier alpha value is -3.24. The van der Waals surface area contributed by atoms with Crippen LogP contribution in [-0.4, -0.2) is 34.5 Å². The van der Waals surface area contributed by atoms with E-state index in [1.54, 1.807) is 25.3 Å². The minimum atomic E-state index is -4.81. The van der Waals surface area contributed by atoms with Gasteiger partial charge in [0.15, 0.2) is 0 Å². The van der Waals surface area contributed by atoms with Crippen molar-refractivity contribution in [2.24, 2.45) is 0 Å². The third-order valence-corrected chi connectivity index (χ3v) is 7.17. The Labute approximate surface area is 206 Å². The van der Waals surface area contributed by atoms with E-state index in [0.717, 1.165) is 17.7 Å². The Morgan fingerprint density at radius 1 is 1.03 bits per heavy atom. The molecule has 3 rings (SSSR count). The summed E-state index contributed by atoms with van der Waals surface area (Å²) in [7, 11) is -2.82. The fraction of sp³-hybridized carbons (Fsp3) is 0.208. The van der Waals surface area contributed by atoms with E-state index in [0.29, 0.717) is 22.5 Å². The first kappa shape index (κ1) is 26.4. The van der Waals surface area contributed by atoms with Crippen molar-refractivity contribution in [1.29, 1.82) is 0 Å². The van der Waals surface area contributed by atoms with Crippen LogP contribution in [0.2, 0.25) is 5.02 Å². The third-order valence-electron chi connectivity index (χ3n) is 5.06. The van der Waals surface area contributed by atoms with E-state index >= 15 is 0 Å².